The van der Waals surface area contributed by atoms with Crippen LogP contribution in [0.2, 0.25) is 0 Å². The van der Waals surface area contributed by atoms with E-state index in [2.05, 4.69) is 36.9 Å². The summed E-state index contributed by atoms with van der Waals surface area (Å²) in [5, 5.41) is 13.3. The number of halogens is 3. The van der Waals surface area contributed by atoms with Crippen molar-refractivity contribution in [1.29, 1.82) is 0 Å². The zero-order valence-corrected chi connectivity index (χ0v) is 26.5. The normalized spacial score (nSPS) is 15.4. The van der Waals surface area contributed by atoms with Gasteiger partial charge in [0, 0.05) is 60.6 Å². The molecule has 3 N–H and O–H groups in total. The van der Waals surface area contributed by atoms with Crippen LogP contribution in [0.4, 0.5) is 35.3 Å². The van der Waals surface area contributed by atoms with E-state index in [1.165, 1.54) is 0 Å². The highest BCUT2D eigenvalue weighted by molar-refractivity contribution is 6.04. The van der Waals surface area contributed by atoms with Crippen molar-refractivity contribution in [2.24, 2.45) is 0 Å². The van der Waals surface area contributed by atoms with Crippen molar-refractivity contribution in [2.75, 3.05) is 30.2 Å². The van der Waals surface area contributed by atoms with E-state index < -0.39 is 17.6 Å². The molecule has 1 aromatic carbocycles. The van der Waals surface area contributed by atoms with Crippen molar-refractivity contribution in [3.63, 3.8) is 0 Å². The van der Waals surface area contributed by atoms with Crippen molar-refractivity contribution < 1.29 is 32.0 Å². The van der Waals surface area contributed by atoms with Gasteiger partial charge in [0.05, 0.1) is 36.5 Å². The lowest BCUT2D eigenvalue weighted by molar-refractivity contribution is -0.165. The standard InChI is InChI=1S/C34H31F3N8O4/c1-47-21-6-3-19(26(15-21)48-2)17-40-30-29-22(18-45(20-4-5-20)25(29)9-12-38-30)24-8-7-23(31-39-13-14-44(24)31)41-32(46)42-28-16-27(49-43-28)33(10-11-33)34(35,36)37/h3,6-9,12-16,18,20H,4-5,10-11,17H2,1-2H3,(H,38,40)(H2,41,42,43,46). The minimum absolute atomic E-state index is 0.0775. The maximum absolute atomic E-state index is 13.5. The molecule has 2 fully saturated rings. The summed E-state index contributed by atoms with van der Waals surface area (Å²) in [6.07, 6.45) is 4.91. The van der Waals surface area contributed by atoms with E-state index in [4.69, 9.17) is 19.0 Å². The van der Waals surface area contributed by atoms with Crippen molar-refractivity contribution in [3.8, 4) is 22.8 Å². The number of imidazole rings is 1. The number of alkyl halides is 3. The molecule has 12 nitrogen and oxygen atoms in total. The van der Waals surface area contributed by atoms with Crippen LogP contribution < -0.4 is 25.4 Å². The number of pyridine rings is 2. The summed E-state index contributed by atoms with van der Waals surface area (Å²) in [4.78, 5) is 22.2. The summed E-state index contributed by atoms with van der Waals surface area (Å²) in [5.74, 6) is 1.66. The Balaban J connectivity index is 1.09. The summed E-state index contributed by atoms with van der Waals surface area (Å²) in [7, 11) is 3.23. The largest absolute Gasteiger partial charge is 0.497 e. The fraction of sp³-hybridized carbons (Fsp3) is 0.294. The second kappa shape index (κ2) is 11.5. The number of amides is 2. The van der Waals surface area contributed by atoms with Gasteiger partial charge in [0.15, 0.2) is 17.2 Å². The summed E-state index contributed by atoms with van der Waals surface area (Å²) < 4.78 is 60.6. The maximum Gasteiger partial charge on any atom is 0.401 e. The summed E-state index contributed by atoms with van der Waals surface area (Å²) in [6, 6.07) is 12.1. The van der Waals surface area contributed by atoms with E-state index in [0.717, 1.165) is 46.6 Å². The van der Waals surface area contributed by atoms with Gasteiger partial charge < -0.3 is 29.2 Å². The summed E-state index contributed by atoms with van der Waals surface area (Å²) in [5.41, 5.74) is 2.54. The number of hydrogen-bond acceptors (Lipinski definition) is 8. The number of fused-ring (bicyclic) bond motifs is 2. The van der Waals surface area contributed by atoms with Gasteiger partial charge in [-0.05, 0) is 56.0 Å². The van der Waals surface area contributed by atoms with Crippen LogP contribution >= 0.6 is 0 Å². The average Bonchev–Trinajstić information content (AvgIpc) is 3.96. The van der Waals surface area contributed by atoms with E-state index in [-0.39, 0.29) is 24.4 Å². The first kappa shape index (κ1) is 30.6. The Morgan fingerprint density at radius 3 is 2.61 bits per heavy atom. The second-order valence-electron chi connectivity index (χ2n) is 12.3. The van der Waals surface area contributed by atoms with Crippen LogP contribution in [0.3, 0.4) is 0 Å². The number of anilines is 3. The molecule has 2 amide bonds. The van der Waals surface area contributed by atoms with Crippen LogP contribution in [0.15, 0.2) is 71.8 Å². The van der Waals surface area contributed by atoms with Gasteiger partial charge in [-0.15, -0.1) is 0 Å². The lowest BCUT2D eigenvalue weighted by Crippen LogP contribution is -2.28. The fourth-order valence-corrected chi connectivity index (χ4v) is 6.32. The molecule has 49 heavy (non-hydrogen) atoms. The molecule has 0 atom stereocenters. The third kappa shape index (κ3) is 5.34. The van der Waals surface area contributed by atoms with Crippen molar-refractivity contribution in [2.45, 2.75) is 49.9 Å². The molecule has 0 unspecified atom stereocenters. The fourth-order valence-electron chi connectivity index (χ4n) is 6.32. The molecule has 0 aliphatic heterocycles. The van der Waals surface area contributed by atoms with Crippen LogP contribution in [0.5, 0.6) is 11.5 Å². The predicted octanol–water partition coefficient (Wildman–Crippen LogP) is 7.54. The van der Waals surface area contributed by atoms with E-state index in [9.17, 15) is 18.0 Å². The molecule has 2 aliphatic carbocycles. The molecule has 6 aromatic rings. The number of rotatable bonds is 10. The molecular formula is C34H31F3N8O4. The zero-order chi connectivity index (χ0) is 33.9. The number of nitrogens with zero attached hydrogens (tertiary/aromatic N) is 5. The van der Waals surface area contributed by atoms with Crippen LogP contribution in [0, 0.1) is 0 Å². The SMILES string of the molecule is COc1ccc(CNc2nccc3c2c(-c2ccc(NC(=O)Nc4cc(C5(C(F)(F)F)CC5)on4)c4nccn24)cn3C2CC2)c(OC)c1. The molecule has 8 rings (SSSR count). The van der Waals surface area contributed by atoms with Gasteiger partial charge in [-0.1, -0.05) is 5.16 Å². The Morgan fingerprint density at radius 1 is 1.04 bits per heavy atom. The second-order valence-corrected chi connectivity index (χ2v) is 12.3. The zero-order valence-electron chi connectivity index (χ0n) is 26.5. The third-order valence-electron chi connectivity index (χ3n) is 9.21. The smallest absolute Gasteiger partial charge is 0.401 e. The number of aromatic nitrogens is 5. The number of hydrogen-bond donors (Lipinski definition) is 3. The third-order valence-corrected chi connectivity index (χ3v) is 9.21. The van der Waals surface area contributed by atoms with E-state index in [1.54, 1.807) is 38.9 Å². The van der Waals surface area contributed by atoms with Gasteiger partial charge >= 0.3 is 12.2 Å². The van der Waals surface area contributed by atoms with E-state index >= 15 is 0 Å². The topological polar surface area (TPSA) is 133 Å². The van der Waals surface area contributed by atoms with Crippen molar-refractivity contribution in [3.05, 3.63) is 78.6 Å². The maximum atomic E-state index is 13.5. The first-order valence-corrected chi connectivity index (χ1v) is 15.7. The molecule has 0 saturated heterocycles. The molecule has 0 bridgehead atoms. The number of carbonyl (C=O) groups excluding carboxylic acids is 1. The summed E-state index contributed by atoms with van der Waals surface area (Å²) in [6.45, 7) is 0.454. The number of benzene rings is 1. The molecule has 15 heteroatoms. The predicted molar refractivity (Wildman–Crippen MR) is 175 cm³/mol. The lowest BCUT2D eigenvalue weighted by atomic mass is 10.0. The Hall–Kier alpha value is -5.73. The Labute approximate surface area is 277 Å². The Bertz CT molecular complexity index is 2210. The molecule has 2 saturated carbocycles. The molecule has 2 aliphatic rings. The number of ether oxygens (including phenoxy) is 2. The van der Waals surface area contributed by atoms with Gasteiger partial charge in [-0.2, -0.15) is 13.2 Å². The van der Waals surface area contributed by atoms with Gasteiger partial charge in [0.2, 0.25) is 0 Å². The highest BCUT2D eigenvalue weighted by atomic mass is 19.4. The Morgan fingerprint density at radius 2 is 1.88 bits per heavy atom. The van der Waals surface area contributed by atoms with Gasteiger partial charge in [-0.3, -0.25) is 9.72 Å². The molecule has 0 radical (unpaired) electrons. The quantitative estimate of drug-likeness (QED) is 0.136. The molecule has 5 heterocycles. The van der Waals surface area contributed by atoms with Crippen LogP contribution in [-0.2, 0) is 12.0 Å². The Kier molecular flexibility index (Phi) is 7.15. The van der Waals surface area contributed by atoms with E-state index in [1.807, 2.05) is 34.7 Å². The number of methoxy groups -OCH3 is 2. The first-order chi connectivity index (χ1) is 23.7. The number of carbonyl (C=O) groups is 1. The highest BCUT2D eigenvalue weighted by Gasteiger charge is 2.67. The van der Waals surface area contributed by atoms with Crippen molar-refractivity contribution in [1.82, 2.24) is 24.1 Å². The minimum atomic E-state index is -4.46. The minimum Gasteiger partial charge on any atom is -0.497 e. The number of nitrogens with one attached hydrogen (secondary N) is 3. The van der Waals surface area contributed by atoms with E-state index in [0.29, 0.717) is 41.2 Å². The van der Waals surface area contributed by atoms with Gasteiger partial charge in [-0.25, -0.2) is 14.8 Å². The lowest BCUT2D eigenvalue weighted by Gasteiger charge is -2.15. The van der Waals surface area contributed by atoms with Crippen molar-refractivity contribution >= 4 is 39.9 Å². The van der Waals surface area contributed by atoms with Gasteiger partial charge in [0.25, 0.3) is 0 Å². The van der Waals surface area contributed by atoms with Gasteiger partial charge in [0.1, 0.15) is 22.7 Å². The average molecular weight is 673 g/mol. The summed E-state index contributed by atoms with van der Waals surface area (Å²) >= 11 is 0. The molecule has 252 valence electrons. The van der Waals surface area contributed by atoms with Crippen LogP contribution in [0.1, 0.15) is 43.0 Å². The van der Waals surface area contributed by atoms with Crippen LogP contribution in [-0.4, -0.2) is 50.5 Å². The molecule has 0 spiro atoms. The highest BCUT2D eigenvalue weighted by Crippen LogP contribution is 2.59. The number of urea groups is 1. The molecular weight excluding hydrogens is 641 g/mol. The monoisotopic (exact) mass is 672 g/mol. The first-order valence-electron chi connectivity index (χ1n) is 15.7. The van der Waals surface area contributed by atoms with Crippen LogP contribution in [0.25, 0.3) is 27.8 Å². The molecule has 5 aromatic heterocycles.